The number of carbonyl (C=O) groups excluding carboxylic acids is 1. The van der Waals surface area contributed by atoms with Gasteiger partial charge in [-0.3, -0.25) is 4.79 Å². The van der Waals surface area contributed by atoms with Crippen LogP contribution < -0.4 is 9.47 Å². The van der Waals surface area contributed by atoms with Crippen LogP contribution in [0.25, 0.3) is 0 Å². The first-order valence-electron chi connectivity index (χ1n) is 10.4. The topological polar surface area (TPSA) is 42.0 Å². The van der Waals surface area contributed by atoms with E-state index in [-0.39, 0.29) is 5.91 Å². The molecule has 1 heterocycles. The first-order valence-corrected chi connectivity index (χ1v) is 10.4. The molecular weight excluding hydrogens is 364 g/mol. The Bertz CT molecular complexity index is 827. The van der Waals surface area contributed by atoms with Crippen molar-refractivity contribution < 1.29 is 14.3 Å². The largest absolute Gasteiger partial charge is 0.496 e. The third-order valence-electron chi connectivity index (χ3n) is 5.56. The summed E-state index contributed by atoms with van der Waals surface area (Å²) in [6.07, 6.45) is 0. The number of likely N-dealkylation sites (N-methyl/N-ethyl adjacent to an activating group) is 1. The maximum absolute atomic E-state index is 13.0. The van der Waals surface area contributed by atoms with Crippen molar-refractivity contribution in [2.75, 3.05) is 39.8 Å². The van der Waals surface area contributed by atoms with E-state index >= 15 is 0 Å². The molecule has 156 valence electrons. The Morgan fingerprint density at radius 3 is 2.41 bits per heavy atom. The molecule has 29 heavy (non-hydrogen) atoms. The molecule has 0 N–H and O–H groups in total. The number of amides is 1. The minimum atomic E-state index is 0.0761. The van der Waals surface area contributed by atoms with Crippen LogP contribution in [0.3, 0.4) is 0 Å². The number of ether oxygens (including phenoxy) is 2. The molecule has 0 saturated carbocycles. The van der Waals surface area contributed by atoms with Gasteiger partial charge in [0.05, 0.1) is 7.11 Å². The number of rotatable bonds is 7. The van der Waals surface area contributed by atoms with Crippen molar-refractivity contribution in [3.8, 4) is 11.5 Å². The van der Waals surface area contributed by atoms with Crippen molar-refractivity contribution >= 4 is 5.91 Å². The Morgan fingerprint density at radius 1 is 1.03 bits per heavy atom. The number of piperazine rings is 1. The van der Waals surface area contributed by atoms with Crippen LogP contribution in [0.1, 0.15) is 48.2 Å². The Hall–Kier alpha value is -2.53. The highest BCUT2D eigenvalue weighted by molar-refractivity contribution is 5.94. The van der Waals surface area contributed by atoms with Gasteiger partial charge in [-0.1, -0.05) is 39.0 Å². The lowest BCUT2D eigenvalue weighted by molar-refractivity contribution is 0.0643. The molecule has 0 aliphatic carbocycles. The molecule has 5 nitrogen and oxygen atoms in total. The van der Waals surface area contributed by atoms with Gasteiger partial charge in [-0.25, -0.2) is 0 Å². The maximum Gasteiger partial charge on any atom is 0.253 e. The molecule has 0 atom stereocenters. The SMILES string of the molecule is CCN1CCN(C(=O)c2ccc(OC)c(COc3ccccc3C(C)C)c2)CC1. The minimum Gasteiger partial charge on any atom is -0.496 e. The van der Waals surface area contributed by atoms with E-state index in [1.807, 2.05) is 41.3 Å². The van der Waals surface area contributed by atoms with Crippen LogP contribution in [-0.2, 0) is 6.61 Å². The second-order valence-electron chi connectivity index (χ2n) is 7.73. The first-order chi connectivity index (χ1) is 14.0. The van der Waals surface area contributed by atoms with Gasteiger partial charge < -0.3 is 19.3 Å². The number of benzene rings is 2. The van der Waals surface area contributed by atoms with Gasteiger partial charge in [0.1, 0.15) is 18.1 Å². The molecule has 1 amide bonds. The number of hydrogen-bond donors (Lipinski definition) is 0. The lowest BCUT2D eigenvalue weighted by Crippen LogP contribution is -2.48. The molecule has 1 aliphatic heterocycles. The zero-order valence-electron chi connectivity index (χ0n) is 18.0. The third kappa shape index (κ3) is 5.10. The average molecular weight is 397 g/mol. The number of carbonyl (C=O) groups is 1. The van der Waals surface area contributed by atoms with Gasteiger partial charge in [0.25, 0.3) is 5.91 Å². The summed E-state index contributed by atoms with van der Waals surface area (Å²) in [6, 6.07) is 13.7. The van der Waals surface area contributed by atoms with Gasteiger partial charge in [0.2, 0.25) is 0 Å². The highest BCUT2D eigenvalue weighted by Crippen LogP contribution is 2.28. The van der Waals surface area contributed by atoms with Crippen molar-refractivity contribution in [3.63, 3.8) is 0 Å². The monoisotopic (exact) mass is 396 g/mol. The van der Waals surface area contributed by atoms with Gasteiger partial charge in [0, 0.05) is 37.3 Å². The van der Waals surface area contributed by atoms with E-state index in [0.717, 1.165) is 49.8 Å². The minimum absolute atomic E-state index is 0.0761. The molecule has 0 spiro atoms. The van der Waals surface area contributed by atoms with Gasteiger partial charge in [-0.15, -0.1) is 0 Å². The first kappa shape index (κ1) is 21.2. The van der Waals surface area contributed by atoms with Crippen LogP contribution in [0.5, 0.6) is 11.5 Å². The van der Waals surface area contributed by atoms with Crippen LogP contribution in [0.15, 0.2) is 42.5 Å². The molecule has 1 fully saturated rings. The fourth-order valence-electron chi connectivity index (χ4n) is 3.72. The van der Waals surface area contributed by atoms with Crippen molar-refractivity contribution in [1.82, 2.24) is 9.80 Å². The predicted octanol–water partition coefficient (Wildman–Crippen LogP) is 4.18. The van der Waals surface area contributed by atoms with Crippen molar-refractivity contribution in [2.24, 2.45) is 0 Å². The van der Waals surface area contributed by atoms with Crippen LogP contribution in [0.4, 0.5) is 0 Å². The molecule has 0 bridgehead atoms. The van der Waals surface area contributed by atoms with Crippen molar-refractivity contribution in [3.05, 3.63) is 59.2 Å². The molecule has 0 unspecified atom stereocenters. The fourth-order valence-corrected chi connectivity index (χ4v) is 3.72. The highest BCUT2D eigenvalue weighted by atomic mass is 16.5. The summed E-state index contributed by atoms with van der Waals surface area (Å²) < 4.78 is 11.6. The van der Waals surface area contributed by atoms with Crippen molar-refractivity contribution in [2.45, 2.75) is 33.3 Å². The van der Waals surface area contributed by atoms with Gasteiger partial charge in [-0.05, 0) is 42.3 Å². The Morgan fingerprint density at radius 2 is 1.76 bits per heavy atom. The lowest BCUT2D eigenvalue weighted by Gasteiger charge is -2.34. The van der Waals surface area contributed by atoms with E-state index in [0.29, 0.717) is 18.1 Å². The number of methoxy groups -OCH3 is 1. The zero-order chi connectivity index (χ0) is 20.8. The molecule has 1 saturated heterocycles. The third-order valence-corrected chi connectivity index (χ3v) is 5.56. The average Bonchev–Trinajstić information content (AvgIpc) is 2.77. The Kier molecular flexibility index (Phi) is 7.15. The summed E-state index contributed by atoms with van der Waals surface area (Å²) in [5.74, 6) is 2.06. The highest BCUT2D eigenvalue weighted by Gasteiger charge is 2.22. The maximum atomic E-state index is 13.0. The van der Waals surface area contributed by atoms with Crippen molar-refractivity contribution in [1.29, 1.82) is 0 Å². The molecule has 5 heteroatoms. The molecule has 0 radical (unpaired) electrons. The smallest absolute Gasteiger partial charge is 0.253 e. The normalized spacial score (nSPS) is 14.9. The van der Waals surface area contributed by atoms with E-state index < -0.39 is 0 Å². The second kappa shape index (κ2) is 9.79. The van der Waals surface area contributed by atoms with E-state index in [1.54, 1.807) is 7.11 Å². The summed E-state index contributed by atoms with van der Waals surface area (Å²) >= 11 is 0. The summed E-state index contributed by atoms with van der Waals surface area (Å²) in [7, 11) is 1.65. The molecule has 2 aromatic carbocycles. The van der Waals surface area contributed by atoms with Crippen LogP contribution in [0.2, 0.25) is 0 Å². The van der Waals surface area contributed by atoms with Crippen LogP contribution >= 0.6 is 0 Å². The van der Waals surface area contributed by atoms with E-state index in [1.165, 1.54) is 5.56 Å². The second-order valence-corrected chi connectivity index (χ2v) is 7.73. The van der Waals surface area contributed by atoms with E-state index in [4.69, 9.17) is 9.47 Å². The van der Waals surface area contributed by atoms with Gasteiger partial charge >= 0.3 is 0 Å². The van der Waals surface area contributed by atoms with Crippen LogP contribution in [0, 0.1) is 0 Å². The molecule has 1 aliphatic rings. The predicted molar refractivity (Wildman–Crippen MR) is 116 cm³/mol. The lowest BCUT2D eigenvalue weighted by atomic mass is 10.0. The van der Waals surface area contributed by atoms with Gasteiger partial charge in [0.15, 0.2) is 0 Å². The molecule has 0 aromatic heterocycles. The summed E-state index contributed by atoms with van der Waals surface area (Å²) in [6.45, 7) is 11.3. The van der Waals surface area contributed by atoms with Crippen LogP contribution in [-0.4, -0.2) is 55.5 Å². The zero-order valence-corrected chi connectivity index (χ0v) is 18.0. The molecular formula is C24H32N2O3. The van der Waals surface area contributed by atoms with E-state index in [9.17, 15) is 4.79 Å². The molecule has 3 rings (SSSR count). The summed E-state index contributed by atoms with van der Waals surface area (Å²) in [4.78, 5) is 17.3. The van der Waals surface area contributed by atoms with E-state index in [2.05, 4.69) is 31.7 Å². The van der Waals surface area contributed by atoms with Gasteiger partial charge in [-0.2, -0.15) is 0 Å². The quantitative estimate of drug-likeness (QED) is 0.704. The standard InChI is InChI=1S/C24H32N2O3/c1-5-25-12-14-26(15-13-25)24(27)19-10-11-22(28-4)20(16-19)17-29-23-9-7-6-8-21(23)18(2)3/h6-11,16,18H,5,12-15,17H2,1-4H3. The Labute approximate surface area is 174 Å². The number of hydrogen-bond acceptors (Lipinski definition) is 4. The number of nitrogens with zero attached hydrogens (tertiary/aromatic N) is 2. The molecule has 2 aromatic rings. The Balaban J connectivity index is 1.75. The summed E-state index contributed by atoms with van der Waals surface area (Å²) in [5.41, 5.74) is 2.74. The fraction of sp³-hybridized carbons (Fsp3) is 0.458. The number of para-hydroxylation sites is 1. The summed E-state index contributed by atoms with van der Waals surface area (Å²) in [5, 5.41) is 0.